The average molecular weight is 430 g/mol. The topological polar surface area (TPSA) is 90.0 Å². The van der Waals surface area contributed by atoms with Crippen LogP contribution in [0.15, 0.2) is 72.8 Å². The number of primary amides is 1. The van der Waals surface area contributed by atoms with E-state index in [1.807, 2.05) is 47.9 Å². The lowest BCUT2D eigenvalue weighted by Gasteiger charge is -2.14. The second kappa shape index (κ2) is 9.01. The van der Waals surface area contributed by atoms with Gasteiger partial charge in [0.15, 0.2) is 0 Å². The normalized spacial score (nSPS) is 11.9. The van der Waals surface area contributed by atoms with E-state index < -0.39 is 11.8 Å². The zero-order valence-corrected chi connectivity index (χ0v) is 17.6. The van der Waals surface area contributed by atoms with Gasteiger partial charge >= 0.3 is 0 Å². The fourth-order valence-corrected chi connectivity index (χ4v) is 3.74. The lowest BCUT2D eigenvalue weighted by atomic mass is 9.98. The maximum absolute atomic E-state index is 13.1. The second-order valence-corrected chi connectivity index (χ2v) is 7.67. The van der Waals surface area contributed by atoms with Crippen LogP contribution >= 0.6 is 0 Å². The number of hydrogen-bond acceptors (Lipinski definition) is 3. The largest absolute Gasteiger partial charge is 0.369 e. The minimum atomic E-state index is -0.604. The molecule has 0 saturated heterocycles. The summed E-state index contributed by atoms with van der Waals surface area (Å²) >= 11 is 0. The molecule has 1 unspecified atom stereocenters. The summed E-state index contributed by atoms with van der Waals surface area (Å²) in [5.41, 5.74) is 9.33. The van der Waals surface area contributed by atoms with Crippen molar-refractivity contribution in [3.05, 3.63) is 95.6 Å². The Hall–Kier alpha value is -4.00. The van der Waals surface area contributed by atoms with Crippen molar-refractivity contribution in [1.82, 2.24) is 14.9 Å². The molecule has 0 bridgehead atoms. The fourth-order valence-electron chi connectivity index (χ4n) is 3.74. The first-order chi connectivity index (χ1) is 15.4. The number of para-hydroxylation sites is 1. The molecule has 3 aromatic carbocycles. The standard InChI is InChI=1S/C25H23FN4O2/c1-16-29-22-14-18(9-12-23(22)30(16)21-5-3-2-4-6-21)25(32)28-15-19(24(27)31)13-17-7-10-20(26)11-8-17/h2-12,14,19H,13,15H2,1H3,(H2,27,31)(H,28,32). The lowest BCUT2D eigenvalue weighted by molar-refractivity contribution is -0.121. The molecule has 7 heteroatoms. The van der Waals surface area contributed by atoms with Crippen LogP contribution in [-0.2, 0) is 11.2 Å². The summed E-state index contributed by atoms with van der Waals surface area (Å²) in [6.45, 7) is 2.00. The highest BCUT2D eigenvalue weighted by Crippen LogP contribution is 2.22. The third-order valence-electron chi connectivity index (χ3n) is 5.41. The van der Waals surface area contributed by atoms with E-state index in [1.54, 1.807) is 24.3 Å². The lowest BCUT2D eigenvalue weighted by Crippen LogP contribution is -2.37. The van der Waals surface area contributed by atoms with Crippen LogP contribution in [0.2, 0.25) is 0 Å². The first kappa shape index (κ1) is 21.2. The highest BCUT2D eigenvalue weighted by Gasteiger charge is 2.19. The third-order valence-corrected chi connectivity index (χ3v) is 5.41. The Balaban J connectivity index is 1.49. The number of aryl methyl sites for hydroxylation is 1. The van der Waals surface area contributed by atoms with Gasteiger partial charge in [-0.2, -0.15) is 0 Å². The maximum atomic E-state index is 13.1. The average Bonchev–Trinajstić information content (AvgIpc) is 3.12. The smallest absolute Gasteiger partial charge is 0.251 e. The van der Waals surface area contributed by atoms with Crippen LogP contribution < -0.4 is 11.1 Å². The third kappa shape index (κ3) is 4.51. The van der Waals surface area contributed by atoms with Gasteiger partial charge in [-0.25, -0.2) is 9.37 Å². The summed E-state index contributed by atoms with van der Waals surface area (Å²) < 4.78 is 15.1. The number of aromatic nitrogens is 2. The van der Waals surface area contributed by atoms with Crippen LogP contribution in [0.3, 0.4) is 0 Å². The van der Waals surface area contributed by atoms with Crippen molar-refractivity contribution in [3.8, 4) is 5.69 Å². The minimum absolute atomic E-state index is 0.0844. The first-order valence-electron chi connectivity index (χ1n) is 10.3. The molecule has 32 heavy (non-hydrogen) atoms. The van der Waals surface area contributed by atoms with Gasteiger partial charge in [0, 0.05) is 17.8 Å². The second-order valence-electron chi connectivity index (χ2n) is 7.67. The number of fused-ring (bicyclic) bond motifs is 1. The Bertz CT molecular complexity index is 1270. The van der Waals surface area contributed by atoms with E-state index in [-0.39, 0.29) is 18.3 Å². The van der Waals surface area contributed by atoms with Gasteiger partial charge in [0.05, 0.1) is 17.0 Å². The molecule has 1 aromatic heterocycles. The van der Waals surface area contributed by atoms with Crippen molar-refractivity contribution in [2.24, 2.45) is 11.7 Å². The minimum Gasteiger partial charge on any atom is -0.369 e. The number of hydrogen-bond donors (Lipinski definition) is 2. The van der Waals surface area contributed by atoms with Gasteiger partial charge in [-0.15, -0.1) is 0 Å². The van der Waals surface area contributed by atoms with E-state index in [2.05, 4.69) is 10.3 Å². The SMILES string of the molecule is Cc1nc2cc(C(=O)NCC(Cc3ccc(F)cc3)C(N)=O)ccc2n1-c1ccccc1. The molecule has 2 amide bonds. The Morgan fingerprint density at radius 1 is 1.06 bits per heavy atom. The Morgan fingerprint density at radius 3 is 2.47 bits per heavy atom. The van der Waals surface area contributed by atoms with E-state index in [0.717, 1.165) is 22.6 Å². The number of nitrogens with one attached hydrogen (secondary N) is 1. The van der Waals surface area contributed by atoms with Crippen molar-refractivity contribution in [2.75, 3.05) is 6.54 Å². The number of benzene rings is 3. The molecule has 0 aliphatic heterocycles. The van der Waals surface area contributed by atoms with Crippen LogP contribution in [0.25, 0.3) is 16.7 Å². The molecule has 1 heterocycles. The van der Waals surface area contributed by atoms with E-state index >= 15 is 0 Å². The molecule has 0 saturated carbocycles. The highest BCUT2D eigenvalue weighted by atomic mass is 19.1. The molecule has 0 radical (unpaired) electrons. The predicted octanol–water partition coefficient (Wildman–Crippen LogP) is 3.55. The number of nitrogens with zero attached hydrogens (tertiary/aromatic N) is 2. The summed E-state index contributed by atoms with van der Waals surface area (Å²) in [6, 6.07) is 21.1. The van der Waals surface area contributed by atoms with Gasteiger partial charge in [0.25, 0.3) is 5.91 Å². The van der Waals surface area contributed by atoms with Crippen LogP contribution in [0.5, 0.6) is 0 Å². The predicted molar refractivity (Wildman–Crippen MR) is 121 cm³/mol. The number of rotatable bonds is 7. The molecule has 0 fully saturated rings. The van der Waals surface area contributed by atoms with Crippen molar-refractivity contribution in [2.45, 2.75) is 13.3 Å². The van der Waals surface area contributed by atoms with Gasteiger partial charge in [0.1, 0.15) is 11.6 Å². The number of nitrogens with two attached hydrogens (primary N) is 1. The quantitative estimate of drug-likeness (QED) is 0.470. The molecule has 6 nitrogen and oxygen atoms in total. The molecular weight excluding hydrogens is 407 g/mol. The van der Waals surface area contributed by atoms with Crippen LogP contribution in [0.4, 0.5) is 4.39 Å². The Morgan fingerprint density at radius 2 is 1.78 bits per heavy atom. The monoisotopic (exact) mass is 430 g/mol. The molecule has 4 aromatic rings. The molecule has 162 valence electrons. The Labute approximate surface area is 184 Å². The first-order valence-corrected chi connectivity index (χ1v) is 10.3. The summed E-state index contributed by atoms with van der Waals surface area (Å²) in [6.07, 6.45) is 0.315. The van der Waals surface area contributed by atoms with Gasteiger partial charge in [-0.1, -0.05) is 30.3 Å². The molecule has 3 N–H and O–H groups in total. The van der Waals surface area contributed by atoms with Gasteiger partial charge < -0.3 is 11.1 Å². The summed E-state index contributed by atoms with van der Waals surface area (Å²) in [5.74, 6) is -0.978. The number of amides is 2. The van der Waals surface area contributed by atoms with Gasteiger partial charge in [-0.05, 0) is 61.4 Å². The highest BCUT2D eigenvalue weighted by molar-refractivity contribution is 5.98. The zero-order chi connectivity index (χ0) is 22.7. The van der Waals surface area contributed by atoms with Crippen molar-refractivity contribution < 1.29 is 14.0 Å². The summed E-state index contributed by atoms with van der Waals surface area (Å²) in [5, 5.41) is 2.78. The maximum Gasteiger partial charge on any atom is 0.251 e. The van der Waals surface area contributed by atoms with E-state index in [0.29, 0.717) is 17.5 Å². The van der Waals surface area contributed by atoms with Crippen LogP contribution in [-0.4, -0.2) is 27.9 Å². The molecule has 0 spiro atoms. The van der Waals surface area contributed by atoms with Crippen LogP contribution in [0.1, 0.15) is 21.7 Å². The number of halogens is 1. The fraction of sp³-hybridized carbons (Fsp3) is 0.160. The molecular formula is C25H23FN4O2. The van der Waals surface area contributed by atoms with E-state index in [9.17, 15) is 14.0 Å². The molecule has 1 atom stereocenters. The number of carbonyl (C=O) groups excluding carboxylic acids is 2. The van der Waals surface area contributed by atoms with Crippen molar-refractivity contribution in [3.63, 3.8) is 0 Å². The number of imidazole rings is 1. The van der Waals surface area contributed by atoms with E-state index in [1.165, 1.54) is 12.1 Å². The van der Waals surface area contributed by atoms with Crippen LogP contribution in [0, 0.1) is 18.7 Å². The molecule has 4 rings (SSSR count). The molecule has 0 aliphatic carbocycles. The van der Waals surface area contributed by atoms with Crippen molar-refractivity contribution >= 4 is 22.8 Å². The summed E-state index contributed by atoms with van der Waals surface area (Å²) in [7, 11) is 0. The zero-order valence-electron chi connectivity index (χ0n) is 17.6. The van der Waals surface area contributed by atoms with E-state index in [4.69, 9.17) is 5.73 Å². The van der Waals surface area contributed by atoms with Gasteiger partial charge in [0.2, 0.25) is 5.91 Å². The summed E-state index contributed by atoms with van der Waals surface area (Å²) in [4.78, 5) is 29.2. The van der Waals surface area contributed by atoms with Gasteiger partial charge in [-0.3, -0.25) is 14.2 Å². The number of carbonyl (C=O) groups is 2. The Kier molecular flexibility index (Phi) is 5.98. The molecule has 0 aliphatic rings. The van der Waals surface area contributed by atoms with Crippen molar-refractivity contribution in [1.29, 1.82) is 0 Å².